The number of aliphatic imine (C=N–C) groups is 2. The Balaban J connectivity index is 2.32. The number of urea groups is 1. The lowest BCUT2D eigenvalue weighted by molar-refractivity contribution is -0.137. The number of amides is 2. The number of aliphatic carboxylic acids is 1. The van der Waals surface area contributed by atoms with Crippen LogP contribution >= 0.6 is 0 Å². The Hall–Kier alpha value is -1.98. The van der Waals surface area contributed by atoms with Gasteiger partial charge in [0.2, 0.25) is 0 Å². The highest BCUT2D eigenvalue weighted by Gasteiger charge is 2.25. The Morgan fingerprint density at radius 1 is 1.62 bits per heavy atom. The number of carbonyl (C=O) groups is 2. The number of nitrogens with zero attached hydrogens (tertiary/aromatic N) is 2. The van der Waals surface area contributed by atoms with E-state index in [2.05, 4.69) is 15.3 Å². The molecule has 0 aromatic heterocycles. The van der Waals surface area contributed by atoms with Gasteiger partial charge in [-0.3, -0.25) is 4.99 Å². The van der Waals surface area contributed by atoms with Crippen LogP contribution in [0.1, 0.15) is 0 Å². The molecule has 0 saturated carbocycles. The maximum Gasteiger partial charge on any atom is 0.346 e. The molecule has 6 heteroatoms. The molecular weight excluding hydrogens is 174 g/mol. The van der Waals surface area contributed by atoms with Gasteiger partial charge in [-0.05, 0) is 6.08 Å². The second kappa shape index (κ2) is 2.51. The van der Waals surface area contributed by atoms with Crippen LogP contribution in [0.4, 0.5) is 4.79 Å². The number of fused-ring (bicyclic) bond motifs is 1. The van der Waals surface area contributed by atoms with Crippen LogP contribution < -0.4 is 5.32 Å². The van der Waals surface area contributed by atoms with Crippen molar-refractivity contribution in [2.24, 2.45) is 9.98 Å². The van der Waals surface area contributed by atoms with Crippen LogP contribution in [0.25, 0.3) is 0 Å². The van der Waals surface area contributed by atoms with Crippen LogP contribution in [0.15, 0.2) is 21.8 Å². The molecule has 6 nitrogen and oxygen atoms in total. The quantitative estimate of drug-likeness (QED) is 0.572. The molecule has 2 aliphatic heterocycles. The topological polar surface area (TPSA) is 91.1 Å². The Morgan fingerprint density at radius 3 is 3.08 bits per heavy atom. The molecule has 1 atom stereocenters. The van der Waals surface area contributed by atoms with Crippen molar-refractivity contribution in [3.05, 3.63) is 11.8 Å². The van der Waals surface area contributed by atoms with Gasteiger partial charge in [0.05, 0.1) is 11.9 Å². The Morgan fingerprint density at radius 2 is 2.38 bits per heavy atom. The fraction of sp³-hybridized carbons (Fsp3) is 0.143. The normalized spacial score (nSPS) is 24.6. The van der Waals surface area contributed by atoms with Crippen LogP contribution in [-0.2, 0) is 4.79 Å². The summed E-state index contributed by atoms with van der Waals surface area (Å²) in [6.45, 7) is 0. The minimum absolute atomic E-state index is 0.391. The fourth-order valence-electron chi connectivity index (χ4n) is 1.09. The predicted octanol–water partition coefficient (Wildman–Crippen LogP) is -0.428. The summed E-state index contributed by atoms with van der Waals surface area (Å²) < 4.78 is 0. The molecule has 0 saturated heterocycles. The summed E-state index contributed by atoms with van der Waals surface area (Å²) in [4.78, 5) is 28.5. The average Bonchev–Trinajstić information content (AvgIpc) is 2.42. The van der Waals surface area contributed by atoms with Crippen molar-refractivity contribution in [2.75, 3.05) is 0 Å². The molecule has 0 radical (unpaired) electrons. The third-order valence-electron chi connectivity index (χ3n) is 1.67. The number of hydrogen-bond donors (Lipinski definition) is 2. The van der Waals surface area contributed by atoms with E-state index in [-0.39, 0.29) is 0 Å². The van der Waals surface area contributed by atoms with Crippen molar-refractivity contribution in [1.82, 2.24) is 5.32 Å². The van der Waals surface area contributed by atoms with Gasteiger partial charge in [-0.25, -0.2) is 9.59 Å². The van der Waals surface area contributed by atoms with Crippen LogP contribution in [-0.4, -0.2) is 35.1 Å². The van der Waals surface area contributed by atoms with Gasteiger partial charge in [0.25, 0.3) is 0 Å². The smallest absolute Gasteiger partial charge is 0.346 e. The van der Waals surface area contributed by atoms with E-state index in [4.69, 9.17) is 5.11 Å². The Labute approximate surface area is 72.7 Å². The first-order chi connectivity index (χ1) is 6.16. The van der Waals surface area contributed by atoms with Gasteiger partial charge >= 0.3 is 12.0 Å². The molecular formula is C7H5N3O3. The molecule has 13 heavy (non-hydrogen) atoms. The molecule has 0 spiro atoms. The number of carbonyl (C=O) groups excluding carboxylic acids is 1. The molecule has 66 valence electrons. The second-order valence-electron chi connectivity index (χ2n) is 2.57. The molecule has 2 heterocycles. The minimum Gasteiger partial charge on any atom is -0.479 e. The molecule has 0 bridgehead atoms. The van der Waals surface area contributed by atoms with Crippen molar-refractivity contribution < 1.29 is 14.7 Å². The van der Waals surface area contributed by atoms with Gasteiger partial charge in [-0.15, -0.1) is 0 Å². The lowest BCUT2D eigenvalue weighted by Gasteiger charge is -2.08. The molecule has 0 aromatic rings. The molecule has 2 N–H and O–H groups in total. The molecule has 2 amide bonds. The van der Waals surface area contributed by atoms with E-state index in [0.717, 1.165) is 0 Å². The highest BCUT2D eigenvalue weighted by atomic mass is 16.4. The summed E-state index contributed by atoms with van der Waals surface area (Å²) >= 11 is 0. The van der Waals surface area contributed by atoms with Gasteiger partial charge in [-0.2, -0.15) is 4.99 Å². The van der Waals surface area contributed by atoms with Crippen LogP contribution in [0.3, 0.4) is 0 Å². The van der Waals surface area contributed by atoms with E-state index in [9.17, 15) is 9.59 Å². The van der Waals surface area contributed by atoms with Gasteiger partial charge in [-0.1, -0.05) is 0 Å². The first-order valence-electron chi connectivity index (χ1n) is 3.54. The molecule has 0 aliphatic carbocycles. The van der Waals surface area contributed by atoms with Crippen LogP contribution in [0, 0.1) is 0 Å². The summed E-state index contributed by atoms with van der Waals surface area (Å²) in [5, 5.41) is 11.0. The predicted molar refractivity (Wildman–Crippen MR) is 44.0 cm³/mol. The van der Waals surface area contributed by atoms with Gasteiger partial charge < -0.3 is 10.4 Å². The number of nitrogens with one attached hydrogen (secondary N) is 1. The zero-order chi connectivity index (χ0) is 9.42. The third-order valence-corrected chi connectivity index (χ3v) is 1.67. The third kappa shape index (κ3) is 1.22. The maximum atomic E-state index is 10.7. The maximum absolute atomic E-state index is 10.7. The number of allylic oxidation sites excluding steroid dienone is 1. The Bertz CT molecular complexity index is 380. The summed E-state index contributed by atoms with van der Waals surface area (Å²) in [5.41, 5.74) is 0.815. The van der Waals surface area contributed by atoms with E-state index >= 15 is 0 Å². The monoisotopic (exact) mass is 179 g/mol. The van der Waals surface area contributed by atoms with E-state index in [1.807, 2.05) is 0 Å². The van der Waals surface area contributed by atoms with Gasteiger partial charge in [0.1, 0.15) is 5.71 Å². The number of dihydropyridines is 1. The zero-order valence-electron chi connectivity index (χ0n) is 6.39. The number of carboxylic acids is 1. The first kappa shape index (κ1) is 7.66. The molecule has 0 aromatic carbocycles. The van der Waals surface area contributed by atoms with E-state index < -0.39 is 18.0 Å². The molecule has 2 rings (SSSR count). The summed E-state index contributed by atoms with van der Waals surface area (Å²) in [7, 11) is 0. The highest BCUT2D eigenvalue weighted by molar-refractivity contribution is 6.43. The van der Waals surface area contributed by atoms with Crippen molar-refractivity contribution in [3.63, 3.8) is 0 Å². The Kier molecular flexibility index (Phi) is 1.48. The minimum atomic E-state index is -1.05. The molecule has 1 unspecified atom stereocenters. The van der Waals surface area contributed by atoms with Crippen molar-refractivity contribution >= 4 is 23.9 Å². The number of hydrogen-bond acceptors (Lipinski definition) is 3. The summed E-state index contributed by atoms with van der Waals surface area (Å²) in [6, 6.07) is -1.41. The zero-order valence-corrected chi connectivity index (χ0v) is 6.39. The number of rotatable bonds is 1. The lowest BCUT2D eigenvalue weighted by Crippen LogP contribution is -2.25. The van der Waals surface area contributed by atoms with Gasteiger partial charge in [0, 0.05) is 0 Å². The highest BCUT2D eigenvalue weighted by Crippen LogP contribution is 2.10. The molecule has 0 fully saturated rings. The number of carboxylic acid groups (broad SMARTS) is 1. The van der Waals surface area contributed by atoms with E-state index in [1.165, 1.54) is 12.3 Å². The standard InChI is InChI=1S/C7H5N3O3/c11-6(12)4-1-3-5(2-8-4)10-7(13)9-3/h1-2,4H,(H,9,13)(H,11,12). The van der Waals surface area contributed by atoms with Crippen molar-refractivity contribution in [3.8, 4) is 0 Å². The summed E-state index contributed by atoms with van der Waals surface area (Å²) in [5.74, 6) is -1.05. The second-order valence-corrected chi connectivity index (χ2v) is 2.57. The SMILES string of the molecule is O=C1N=C2C=NC(C(=O)O)C=C2N1. The fourth-order valence-corrected chi connectivity index (χ4v) is 1.09. The van der Waals surface area contributed by atoms with Gasteiger partial charge in [0.15, 0.2) is 6.04 Å². The average molecular weight is 179 g/mol. The summed E-state index contributed by atoms with van der Waals surface area (Å²) in [6.07, 6.45) is 2.64. The van der Waals surface area contributed by atoms with E-state index in [0.29, 0.717) is 11.4 Å². The van der Waals surface area contributed by atoms with E-state index in [1.54, 1.807) is 0 Å². The van der Waals surface area contributed by atoms with Crippen molar-refractivity contribution in [2.45, 2.75) is 6.04 Å². The van der Waals surface area contributed by atoms with Crippen LogP contribution in [0.5, 0.6) is 0 Å². The molecule has 2 aliphatic rings. The van der Waals surface area contributed by atoms with Crippen LogP contribution in [0.2, 0.25) is 0 Å². The largest absolute Gasteiger partial charge is 0.479 e. The first-order valence-corrected chi connectivity index (χ1v) is 3.54. The lowest BCUT2D eigenvalue weighted by atomic mass is 10.1. The van der Waals surface area contributed by atoms with Crippen molar-refractivity contribution in [1.29, 1.82) is 0 Å².